The summed E-state index contributed by atoms with van der Waals surface area (Å²) in [5.41, 5.74) is 0. The van der Waals surface area contributed by atoms with E-state index in [0.29, 0.717) is 0 Å². The second kappa shape index (κ2) is 8.52. The van der Waals surface area contributed by atoms with Crippen molar-refractivity contribution < 1.29 is 12.6 Å². The maximum absolute atomic E-state index is 11.1. The molecule has 0 amide bonds. The number of hydrogen-bond donors (Lipinski definition) is 0. The lowest BCUT2D eigenvalue weighted by Gasteiger charge is -2.28. The van der Waals surface area contributed by atoms with Gasteiger partial charge in [0.15, 0.2) is 0 Å². The van der Waals surface area contributed by atoms with Crippen LogP contribution in [0.1, 0.15) is 83.5 Å². The summed E-state index contributed by atoms with van der Waals surface area (Å²) in [6.07, 6.45) is 18.0. The van der Waals surface area contributed by atoms with Crippen LogP contribution < -0.4 is 0 Å². The van der Waals surface area contributed by atoms with Crippen molar-refractivity contribution in [2.75, 3.05) is 6.26 Å². The van der Waals surface area contributed by atoms with Crippen molar-refractivity contribution in [3.63, 3.8) is 0 Å². The minimum absolute atomic E-state index is 0.0570. The highest BCUT2D eigenvalue weighted by atomic mass is 32.2. The van der Waals surface area contributed by atoms with Gasteiger partial charge in [-0.05, 0) is 37.5 Å². The second-order valence-corrected chi connectivity index (χ2v) is 8.83. The summed E-state index contributed by atoms with van der Waals surface area (Å²) in [7, 11) is -3.27. The van der Waals surface area contributed by atoms with E-state index in [2.05, 4.69) is 0 Å². The van der Waals surface area contributed by atoms with Crippen LogP contribution in [0.4, 0.5) is 0 Å². The highest BCUT2D eigenvalue weighted by molar-refractivity contribution is 7.86. The van der Waals surface area contributed by atoms with Crippen molar-refractivity contribution >= 4 is 10.1 Å². The smallest absolute Gasteiger partial charge is 0.264 e. The van der Waals surface area contributed by atoms with Crippen LogP contribution in [-0.2, 0) is 14.3 Å². The third-order valence-electron chi connectivity index (χ3n) is 5.30. The molecule has 2 rings (SSSR count). The number of rotatable bonds is 7. The lowest BCUT2D eigenvalue weighted by atomic mass is 9.82. The van der Waals surface area contributed by atoms with E-state index in [1.807, 2.05) is 0 Å². The monoisotopic (exact) mass is 316 g/mol. The maximum atomic E-state index is 11.1. The van der Waals surface area contributed by atoms with Crippen molar-refractivity contribution in [1.29, 1.82) is 0 Å². The summed E-state index contributed by atoms with van der Waals surface area (Å²) < 4.78 is 27.3. The van der Waals surface area contributed by atoms with Gasteiger partial charge < -0.3 is 0 Å². The highest BCUT2D eigenvalue weighted by Gasteiger charge is 2.24. The molecule has 0 N–H and O–H groups in total. The molecule has 0 aromatic rings. The summed E-state index contributed by atoms with van der Waals surface area (Å²) >= 11 is 0. The Kier molecular flexibility index (Phi) is 7.00. The molecule has 0 radical (unpaired) electrons. The van der Waals surface area contributed by atoms with Crippen LogP contribution in [0.15, 0.2) is 0 Å². The lowest BCUT2D eigenvalue weighted by molar-refractivity contribution is 0.134. The SMILES string of the molecule is CS(=O)(=O)OC1CCC(CCCCC2CCCCC2)CC1. The molecule has 4 heteroatoms. The maximum Gasteiger partial charge on any atom is 0.264 e. The first-order valence-electron chi connectivity index (χ1n) is 8.91. The fourth-order valence-corrected chi connectivity index (χ4v) is 4.79. The minimum Gasteiger partial charge on any atom is -0.267 e. The van der Waals surface area contributed by atoms with Gasteiger partial charge in [0.05, 0.1) is 12.4 Å². The summed E-state index contributed by atoms with van der Waals surface area (Å²) in [6, 6.07) is 0. The predicted molar refractivity (Wildman–Crippen MR) is 86.7 cm³/mol. The van der Waals surface area contributed by atoms with Gasteiger partial charge in [-0.1, -0.05) is 57.8 Å². The Morgan fingerprint density at radius 1 is 0.810 bits per heavy atom. The van der Waals surface area contributed by atoms with Gasteiger partial charge in [-0.25, -0.2) is 0 Å². The van der Waals surface area contributed by atoms with Gasteiger partial charge in [0.25, 0.3) is 10.1 Å². The van der Waals surface area contributed by atoms with Crippen LogP contribution in [0.3, 0.4) is 0 Å². The Hall–Kier alpha value is -0.0900. The van der Waals surface area contributed by atoms with E-state index < -0.39 is 10.1 Å². The Labute approximate surface area is 131 Å². The zero-order valence-electron chi connectivity index (χ0n) is 13.6. The topological polar surface area (TPSA) is 43.4 Å². The normalized spacial score (nSPS) is 28.6. The Bertz CT molecular complexity index is 377. The molecule has 124 valence electrons. The molecule has 0 spiro atoms. The summed E-state index contributed by atoms with van der Waals surface area (Å²) in [6.45, 7) is 0. The summed E-state index contributed by atoms with van der Waals surface area (Å²) in [4.78, 5) is 0. The first-order valence-corrected chi connectivity index (χ1v) is 10.7. The largest absolute Gasteiger partial charge is 0.267 e. The van der Waals surface area contributed by atoms with E-state index in [4.69, 9.17) is 4.18 Å². The summed E-state index contributed by atoms with van der Waals surface area (Å²) in [5.74, 6) is 1.81. The highest BCUT2D eigenvalue weighted by Crippen LogP contribution is 2.32. The van der Waals surface area contributed by atoms with Crippen molar-refractivity contribution in [3.8, 4) is 0 Å². The Morgan fingerprint density at radius 2 is 1.33 bits per heavy atom. The van der Waals surface area contributed by atoms with E-state index >= 15 is 0 Å². The number of hydrogen-bond acceptors (Lipinski definition) is 3. The van der Waals surface area contributed by atoms with Crippen LogP contribution in [0, 0.1) is 11.8 Å². The van der Waals surface area contributed by atoms with Crippen LogP contribution in [0.2, 0.25) is 0 Å². The standard InChI is InChI=1S/C17H32O3S/c1-21(18,19)20-17-13-11-16(12-14-17)10-6-5-9-15-7-3-2-4-8-15/h15-17H,2-14H2,1H3. The lowest BCUT2D eigenvalue weighted by Crippen LogP contribution is -2.24. The van der Waals surface area contributed by atoms with E-state index in [9.17, 15) is 8.42 Å². The molecule has 0 bridgehead atoms. The second-order valence-electron chi connectivity index (χ2n) is 7.23. The first-order chi connectivity index (χ1) is 10.0. The van der Waals surface area contributed by atoms with Gasteiger partial charge in [0.2, 0.25) is 0 Å². The fourth-order valence-electron chi connectivity index (χ4n) is 4.11. The molecule has 0 saturated heterocycles. The van der Waals surface area contributed by atoms with Crippen LogP contribution in [0.25, 0.3) is 0 Å². The molecule has 0 unspecified atom stereocenters. The molecule has 2 aliphatic rings. The summed E-state index contributed by atoms with van der Waals surface area (Å²) in [5, 5.41) is 0. The third kappa shape index (κ3) is 7.14. The molecule has 21 heavy (non-hydrogen) atoms. The van der Waals surface area contributed by atoms with Gasteiger partial charge in [0, 0.05) is 0 Å². The van der Waals surface area contributed by atoms with Crippen molar-refractivity contribution in [2.45, 2.75) is 89.6 Å². The molecule has 3 nitrogen and oxygen atoms in total. The zero-order valence-corrected chi connectivity index (χ0v) is 14.4. The first kappa shape index (κ1) is 17.3. The molecule has 2 aliphatic carbocycles. The van der Waals surface area contributed by atoms with E-state index in [0.717, 1.165) is 43.8 Å². The van der Waals surface area contributed by atoms with Crippen LogP contribution in [-0.4, -0.2) is 20.8 Å². The Balaban J connectivity index is 1.52. The van der Waals surface area contributed by atoms with Crippen LogP contribution in [0.5, 0.6) is 0 Å². The Morgan fingerprint density at radius 3 is 1.86 bits per heavy atom. The fraction of sp³-hybridized carbons (Fsp3) is 1.00. The molecule has 0 aromatic carbocycles. The molecule has 0 atom stereocenters. The molecule has 2 saturated carbocycles. The van der Waals surface area contributed by atoms with Crippen LogP contribution >= 0.6 is 0 Å². The average Bonchev–Trinajstić information content (AvgIpc) is 2.45. The minimum atomic E-state index is -3.27. The van der Waals surface area contributed by atoms with E-state index in [-0.39, 0.29) is 6.10 Å². The molecule has 0 heterocycles. The van der Waals surface area contributed by atoms with Gasteiger partial charge in [0.1, 0.15) is 0 Å². The van der Waals surface area contributed by atoms with Crippen molar-refractivity contribution in [1.82, 2.24) is 0 Å². The third-order valence-corrected chi connectivity index (χ3v) is 5.93. The van der Waals surface area contributed by atoms with Gasteiger partial charge in [-0.3, -0.25) is 4.18 Å². The van der Waals surface area contributed by atoms with Gasteiger partial charge in [-0.2, -0.15) is 8.42 Å². The van der Waals surface area contributed by atoms with Crippen molar-refractivity contribution in [3.05, 3.63) is 0 Å². The quantitative estimate of drug-likeness (QED) is 0.506. The van der Waals surface area contributed by atoms with Crippen molar-refractivity contribution in [2.24, 2.45) is 11.8 Å². The van der Waals surface area contributed by atoms with Gasteiger partial charge in [-0.15, -0.1) is 0 Å². The van der Waals surface area contributed by atoms with Gasteiger partial charge >= 0.3 is 0 Å². The average molecular weight is 317 g/mol. The molecular weight excluding hydrogens is 284 g/mol. The van der Waals surface area contributed by atoms with E-state index in [1.54, 1.807) is 0 Å². The molecule has 0 aliphatic heterocycles. The molecular formula is C17H32O3S. The predicted octanol–water partition coefficient (Wildman–Crippen LogP) is 4.66. The number of unbranched alkanes of at least 4 members (excludes halogenated alkanes) is 1. The molecule has 0 aromatic heterocycles. The van der Waals surface area contributed by atoms with E-state index in [1.165, 1.54) is 57.8 Å². The zero-order chi connectivity index (χ0) is 15.1. The molecule has 2 fully saturated rings.